The Bertz CT molecular complexity index is 719. The molecule has 0 radical (unpaired) electrons. The van der Waals surface area contributed by atoms with Crippen molar-refractivity contribution in [2.24, 2.45) is 17.4 Å². The molecule has 0 rings (SSSR count). The molecule has 4 amide bonds. The molecular formula is C18H31N5O8S. The summed E-state index contributed by atoms with van der Waals surface area (Å²) in [5.41, 5.74) is 10.6. The number of nitrogens with one attached hydrogen (secondary N) is 3. The second-order valence-electron chi connectivity index (χ2n) is 7.22. The van der Waals surface area contributed by atoms with Gasteiger partial charge in [-0.05, 0) is 12.3 Å². The predicted molar refractivity (Wildman–Crippen MR) is 115 cm³/mol. The highest BCUT2D eigenvalue weighted by Gasteiger charge is 2.32. The number of carboxylic acid groups (broad SMARTS) is 2. The van der Waals surface area contributed by atoms with E-state index in [2.05, 4.69) is 28.6 Å². The first-order valence-electron chi connectivity index (χ1n) is 9.84. The maximum absolute atomic E-state index is 12.7. The number of aliphatic carboxylic acids is 2. The van der Waals surface area contributed by atoms with E-state index in [4.69, 9.17) is 16.6 Å². The molecule has 0 bridgehead atoms. The molecule has 0 aromatic rings. The number of carboxylic acids is 2. The zero-order chi connectivity index (χ0) is 25.0. The highest BCUT2D eigenvalue weighted by atomic mass is 32.1. The van der Waals surface area contributed by atoms with E-state index in [1.54, 1.807) is 13.8 Å². The molecule has 5 unspecified atom stereocenters. The summed E-state index contributed by atoms with van der Waals surface area (Å²) >= 11 is 3.87. The summed E-state index contributed by atoms with van der Waals surface area (Å²) in [6.07, 6.45) is -1.07. The van der Waals surface area contributed by atoms with Crippen molar-refractivity contribution in [1.29, 1.82) is 0 Å². The van der Waals surface area contributed by atoms with E-state index in [1.165, 1.54) is 0 Å². The van der Waals surface area contributed by atoms with Crippen LogP contribution >= 0.6 is 12.6 Å². The number of carbonyl (C=O) groups is 6. The topological polar surface area (TPSA) is 231 Å². The Hall–Kier alpha value is -2.87. The van der Waals surface area contributed by atoms with E-state index in [-0.39, 0.29) is 12.2 Å². The minimum Gasteiger partial charge on any atom is -0.481 e. The summed E-state index contributed by atoms with van der Waals surface area (Å²) in [6, 6.07) is -5.29. The fraction of sp³-hybridized carbons (Fsp3) is 0.667. The Morgan fingerprint density at radius 1 is 0.938 bits per heavy atom. The molecule has 0 aromatic heterocycles. The van der Waals surface area contributed by atoms with Crippen molar-refractivity contribution in [3.8, 4) is 0 Å². The average molecular weight is 478 g/mol. The number of primary amides is 1. The van der Waals surface area contributed by atoms with E-state index in [0.717, 1.165) is 0 Å². The van der Waals surface area contributed by atoms with Crippen molar-refractivity contribution in [1.82, 2.24) is 16.0 Å². The van der Waals surface area contributed by atoms with Crippen LogP contribution in [0.5, 0.6) is 0 Å². The van der Waals surface area contributed by atoms with Crippen molar-refractivity contribution in [2.45, 2.75) is 63.7 Å². The molecule has 0 aliphatic heterocycles. The van der Waals surface area contributed by atoms with Gasteiger partial charge in [0.25, 0.3) is 0 Å². The van der Waals surface area contributed by atoms with Crippen molar-refractivity contribution >= 4 is 48.2 Å². The molecule has 9 N–H and O–H groups in total. The van der Waals surface area contributed by atoms with Crippen LogP contribution in [0.3, 0.4) is 0 Å². The molecular weight excluding hydrogens is 446 g/mol. The monoisotopic (exact) mass is 477 g/mol. The third-order valence-electron chi connectivity index (χ3n) is 4.63. The maximum Gasteiger partial charge on any atom is 0.326 e. The Balaban J connectivity index is 5.60. The third-order valence-corrected chi connectivity index (χ3v) is 5.02. The van der Waals surface area contributed by atoms with Crippen LogP contribution in [0.15, 0.2) is 0 Å². The Kier molecular flexibility index (Phi) is 13.0. The molecule has 5 atom stereocenters. The van der Waals surface area contributed by atoms with Crippen LogP contribution in [0.25, 0.3) is 0 Å². The first-order chi connectivity index (χ1) is 14.8. The zero-order valence-corrected chi connectivity index (χ0v) is 18.8. The number of nitrogens with two attached hydrogens (primary N) is 2. The summed E-state index contributed by atoms with van der Waals surface area (Å²) in [4.78, 5) is 71.1. The molecule has 0 aromatic carbocycles. The summed E-state index contributed by atoms with van der Waals surface area (Å²) < 4.78 is 0. The Labute approximate surface area is 190 Å². The fourth-order valence-corrected chi connectivity index (χ4v) is 2.68. The molecule has 0 aliphatic carbocycles. The van der Waals surface area contributed by atoms with Crippen LogP contribution in [0.1, 0.15) is 39.5 Å². The molecule has 182 valence electrons. The van der Waals surface area contributed by atoms with Crippen LogP contribution in [-0.2, 0) is 28.8 Å². The largest absolute Gasteiger partial charge is 0.481 e. The lowest BCUT2D eigenvalue weighted by molar-refractivity contribution is -0.144. The lowest BCUT2D eigenvalue weighted by Gasteiger charge is -2.26. The summed E-state index contributed by atoms with van der Waals surface area (Å²) in [6.45, 7) is 3.33. The zero-order valence-electron chi connectivity index (χ0n) is 17.9. The second kappa shape index (κ2) is 14.2. The normalized spacial score (nSPS) is 15.4. The number of hydrogen-bond acceptors (Lipinski definition) is 8. The molecule has 0 saturated heterocycles. The molecule has 0 spiro atoms. The molecule has 14 heteroatoms. The lowest BCUT2D eigenvalue weighted by atomic mass is 9.98. The van der Waals surface area contributed by atoms with Gasteiger partial charge >= 0.3 is 11.9 Å². The highest BCUT2D eigenvalue weighted by Crippen LogP contribution is 2.09. The number of thiol groups is 1. The van der Waals surface area contributed by atoms with E-state index in [1.807, 2.05) is 0 Å². The van der Waals surface area contributed by atoms with Crippen LogP contribution < -0.4 is 27.4 Å². The highest BCUT2D eigenvalue weighted by molar-refractivity contribution is 7.80. The van der Waals surface area contributed by atoms with Crippen molar-refractivity contribution in [3.05, 3.63) is 0 Å². The molecule has 0 saturated carbocycles. The van der Waals surface area contributed by atoms with Gasteiger partial charge in [0.15, 0.2) is 0 Å². The third kappa shape index (κ3) is 10.4. The molecule has 0 heterocycles. The number of amides is 4. The van der Waals surface area contributed by atoms with E-state index >= 15 is 0 Å². The molecule has 32 heavy (non-hydrogen) atoms. The second-order valence-corrected chi connectivity index (χ2v) is 7.59. The average Bonchev–Trinajstić information content (AvgIpc) is 2.71. The summed E-state index contributed by atoms with van der Waals surface area (Å²) in [7, 11) is 0. The minimum atomic E-state index is -1.49. The number of carbonyl (C=O) groups excluding carboxylic acids is 4. The van der Waals surface area contributed by atoms with Gasteiger partial charge in [-0.15, -0.1) is 0 Å². The predicted octanol–water partition coefficient (Wildman–Crippen LogP) is -2.43. The molecule has 13 nitrogen and oxygen atoms in total. The van der Waals surface area contributed by atoms with Crippen LogP contribution in [0.2, 0.25) is 0 Å². The van der Waals surface area contributed by atoms with Crippen LogP contribution in [-0.4, -0.2) is 75.7 Å². The van der Waals surface area contributed by atoms with Gasteiger partial charge < -0.3 is 37.6 Å². The first-order valence-corrected chi connectivity index (χ1v) is 10.5. The number of hydrogen-bond donors (Lipinski definition) is 8. The SMILES string of the molecule is CCC(C)C(NC(=O)C(CCC(=O)O)NC(=O)C(CC(N)=O)NC(=O)C(N)CS)C(=O)O. The fourth-order valence-electron chi connectivity index (χ4n) is 2.52. The summed E-state index contributed by atoms with van der Waals surface area (Å²) in [5, 5.41) is 25.1. The Morgan fingerprint density at radius 2 is 1.47 bits per heavy atom. The van der Waals surface area contributed by atoms with E-state index in [0.29, 0.717) is 6.42 Å². The smallest absolute Gasteiger partial charge is 0.326 e. The first kappa shape index (κ1) is 29.1. The van der Waals surface area contributed by atoms with Gasteiger partial charge in [0.1, 0.15) is 18.1 Å². The number of rotatable bonds is 15. The molecule has 0 aliphatic rings. The van der Waals surface area contributed by atoms with Crippen LogP contribution in [0, 0.1) is 5.92 Å². The van der Waals surface area contributed by atoms with Gasteiger partial charge in [0, 0.05) is 12.2 Å². The van der Waals surface area contributed by atoms with E-state index < -0.39 is 78.5 Å². The van der Waals surface area contributed by atoms with Gasteiger partial charge in [0.2, 0.25) is 23.6 Å². The van der Waals surface area contributed by atoms with Crippen molar-refractivity contribution in [2.75, 3.05) is 5.75 Å². The quantitative estimate of drug-likeness (QED) is 0.117. The molecule has 0 fully saturated rings. The van der Waals surface area contributed by atoms with Crippen molar-refractivity contribution in [3.63, 3.8) is 0 Å². The van der Waals surface area contributed by atoms with Gasteiger partial charge in [-0.25, -0.2) is 4.79 Å². The van der Waals surface area contributed by atoms with Gasteiger partial charge in [-0.1, -0.05) is 20.3 Å². The minimum absolute atomic E-state index is 0.0490. The van der Waals surface area contributed by atoms with Gasteiger partial charge in [0.05, 0.1) is 12.5 Å². The van der Waals surface area contributed by atoms with Crippen molar-refractivity contribution < 1.29 is 39.0 Å². The Morgan fingerprint density at radius 3 is 1.91 bits per heavy atom. The van der Waals surface area contributed by atoms with Gasteiger partial charge in [-0.3, -0.25) is 24.0 Å². The lowest BCUT2D eigenvalue weighted by Crippen LogP contribution is -2.58. The van der Waals surface area contributed by atoms with Crippen LogP contribution in [0.4, 0.5) is 0 Å². The maximum atomic E-state index is 12.7. The standard InChI is InChI=1S/C18H31N5O8S/c1-3-8(2)14(18(30)31)23-16(28)10(4-5-13(25)26)21-17(29)11(6-12(20)24)22-15(27)9(19)7-32/h8-11,14,32H,3-7,19H2,1-2H3,(H2,20,24)(H,21,29)(H,22,27)(H,23,28)(H,25,26)(H,30,31). The van der Waals surface area contributed by atoms with Gasteiger partial charge in [-0.2, -0.15) is 12.6 Å². The van der Waals surface area contributed by atoms with E-state index in [9.17, 15) is 33.9 Å². The summed E-state index contributed by atoms with van der Waals surface area (Å²) in [5.74, 6) is -6.70.